The number of ether oxygens (including phenoxy) is 1. The zero-order valence-electron chi connectivity index (χ0n) is 17.1. The van der Waals surface area contributed by atoms with Crippen molar-refractivity contribution in [1.82, 2.24) is 4.90 Å². The Hall–Kier alpha value is -1.36. The molecule has 0 aromatic carbocycles. The van der Waals surface area contributed by atoms with E-state index in [1.807, 2.05) is 27.7 Å². The van der Waals surface area contributed by atoms with Crippen molar-refractivity contribution in [3.8, 4) is 0 Å². The van der Waals surface area contributed by atoms with Crippen molar-refractivity contribution >= 4 is 11.7 Å². The van der Waals surface area contributed by atoms with Gasteiger partial charge in [-0.25, -0.2) is 4.79 Å². The molecule has 0 aromatic rings. The first kappa shape index (κ1) is 19.4. The second-order valence-corrected chi connectivity index (χ2v) is 9.94. The lowest BCUT2D eigenvalue weighted by molar-refractivity contribution is -0.155. The molecule has 5 nitrogen and oxygen atoms in total. The number of carboxylic acid groups (broad SMARTS) is 1. The second-order valence-electron chi connectivity index (χ2n) is 9.94. The van der Waals surface area contributed by atoms with E-state index in [9.17, 15) is 9.90 Å². The predicted molar refractivity (Wildman–Crippen MR) is 103 cm³/mol. The maximum absolute atomic E-state index is 12.1. The largest absolute Gasteiger partial charge is 0.479 e. The van der Waals surface area contributed by atoms with Crippen LogP contribution in [0.4, 0.5) is 0 Å². The number of piperidine rings is 1. The van der Waals surface area contributed by atoms with Crippen LogP contribution in [-0.4, -0.2) is 52.5 Å². The number of allylic oxidation sites excluding steroid dienone is 1. The third-order valence-corrected chi connectivity index (χ3v) is 5.86. The van der Waals surface area contributed by atoms with E-state index < -0.39 is 17.7 Å². The van der Waals surface area contributed by atoms with Crippen molar-refractivity contribution in [2.45, 2.75) is 85.0 Å². The van der Waals surface area contributed by atoms with Gasteiger partial charge in [-0.2, -0.15) is 0 Å². The highest BCUT2D eigenvalue weighted by Crippen LogP contribution is 2.45. The molecule has 1 aliphatic carbocycles. The van der Waals surface area contributed by atoms with Crippen molar-refractivity contribution < 1.29 is 14.6 Å². The molecule has 0 radical (unpaired) electrons. The van der Waals surface area contributed by atoms with Crippen molar-refractivity contribution in [2.75, 3.05) is 13.1 Å². The zero-order chi connectivity index (χ0) is 19.3. The lowest BCUT2D eigenvalue weighted by atomic mass is 9.82. The summed E-state index contributed by atoms with van der Waals surface area (Å²) in [6, 6.07) is 0.368. The van der Waals surface area contributed by atoms with Gasteiger partial charge in [0, 0.05) is 30.1 Å². The summed E-state index contributed by atoms with van der Waals surface area (Å²) in [5.74, 6) is -0.355. The molecule has 3 atom stereocenters. The van der Waals surface area contributed by atoms with Crippen LogP contribution in [0.1, 0.15) is 67.2 Å². The number of likely N-dealkylation sites (tertiary alicyclic amines) is 1. The van der Waals surface area contributed by atoms with Gasteiger partial charge in [0.2, 0.25) is 0 Å². The lowest BCUT2D eigenvalue weighted by Gasteiger charge is -2.41. The monoisotopic (exact) mass is 362 g/mol. The molecule has 2 heterocycles. The SMILES string of the molecule is CC1=NC2CC2CC(N2CCC(C)(C)CC2)=C1[C@H](OC(C)(C)C)C(=O)O. The van der Waals surface area contributed by atoms with E-state index in [1.54, 1.807) is 0 Å². The maximum Gasteiger partial charge on any atom is 0.337 e. The standard InChI is InChI=1S/C21H34N2O3/c1-13-17(18(19(24)25)26-20(2,3)4)16(12-14-11-15(14)22-13)23-9-7-21(5,6)8-10-23/h14-15,18H,7-12H2,1-6H3,(H,24,25)/t14?,15?,18-/m0/s1. The number of rotatable bonds is 4. The Balaban J connectivity index is 1.99. The molecule has 2 fully saturated rings. The summed E-state index contributed by atoms with van der Waals surface area (Å²) in [5.41, 5.74) is 2.66. The first-order valence-electron chi connectivity index (χ1n) is 9.90. The van der Waals surface area contributed by atoms with Crippen LogP contribution in [0, 0.1) is 11.3 Å². The highest BCUT2D eigenvalue weighted by Gasteiger charge is 2.44. The topological polar surface area (TPSA) is 62.1 Å². The van der Waals surface area contributed by atoms with E-state index in [0.29, 0.717) is 17.4 Å². The third kappa shape index (κ3) is 4.30. The second kappa shape index (κ2) is 6.66. The number of hydrogen-bond acceptors (Lipinski definition) is 4. The molecule has 0 amide bonds. The van der Waals surface area contributed by atoms with Crippen LogP contribution in [-0.2, 0) is 9.53 Å². The van der Waals surface area contributed by atoms with Crippen molar-refractivity contribution in [1.29, 1.82) is 0 Å². The number of aliphatic imine (C=N–C) groups is 1. The van der Waals surface area contributed by atoms with Gasteiger partial charge in [0.15, 0.2) is 6.10 Å². The Morgan fingerprint density at radius 1 is 1.31 bits per heavy atom. The first-order chi connectivity index (χ1) is 12.0. The maximum atomic E-state index is 12.1. The smallest absolute Gasteiger partial charge is 0.337 e. The summed E-state index contributed by atoms with van der Waals surface area (Å²) in [5, 5.41) is 9.94. The van der Waals surface area contributed by atoms with Gasteiger partial charge in [-0.15, -0.1) is 0 Å². The van der Waals surface area contributed by atoms with Crippen LogP contribution in [0.25, 0.3) is 0 Å². The molecule has 1 saturated carbocycles. The van der Waals surface area contributed by atoms with Gasteiger partial charge in [0.25, 0.3) is 0 Å². The summed E-state index contributed by atoms with van der Waals surface area (Å²) < 4.78 is 6.01. The fourth-order valence-corrected chi connectivity index (χ4v) is 4.10. The average Bonchev–Trinajstić information content (AvgIpc) is 3.22. The molecule has 3 aliphatic rings. The highest BCUT2D eigenvalue weighted by atomic mass is 16.5. The average molecular weight is 363 g/mol. The summed E-state index contributed by atoms with van der Waals surface area (Å²) in [6.45, 7) is 14.3. The minimum Gasteiger partial charge on any atom is -0.479 e. The lowest BCUT2D eigenvalue weighted by Crippen LogP contribution is -2.42. The molecule has 3 rings (SSSR count). The zero-order valence-corrected chi connectivity index (χ0v) is 17.1. The third-order valence-electron chi connectivity index (χ3n) is 5.86. The first-order valence-corrected chi connectivity index (χ1v) is 9.90. The molecule has 0 bridgehead atoms. The van der Waals surface area contributed by atoms with Gasteiger partial charge in [-0.3, -0.25) is 4.99 Å². The Kier molecular flexibility index (Phi) is 4.97. The van der Waals surface area contributed by atoms with Crippen LogP contribution >= 0.6 is 0 Å². The molecule has 146 valence electrons. The molecule has 1 N–H and O–H groups in total. The van der Waals surface area contributed by atoms with E-state index >= 15 is 0 Å². The number of nitrogens with zero attached hydrogens (tertiary/aromatic N) is 2. The van der Waals surface area contributed by atoms with E-state index in [2.05, 4.69) is 18.7 Å². The van der Waals surface area contributed by atoms with E-state index in [4.69, 9.17) is 9.73 Å². The molecule has 0 spiro atoms. The Morgan fingerprint density at radius 2 is 1.92 bits per heavy atom. The van der Waals surface area contributed by atoms with Crippen LogP contribution in [0.2, 0.25) is 0 Å². The van der Waals surface area contributed by atoms with Crippen LogP contribution in [0.15, 0.2) is 16.3 Å². The van der Waals surface area contributed by atoms with Crippen molar-refractivity contribution in [3.63, 3.8) is 0 Å². The van der Waals surface area contributed by atoms with E-state index in [-0.39, 0.29) is 0 Å². The molecule has 26 heavy (non-hydrogen) atoms. The van der Waals surface area contributed by atoms with Crippen molar-refractivity contribution in [3.05, 3.63) is 11.3 Å². The Morgan fingerprint density at radius 3 is 2.46 bits per heavy atom. The highest BCUT2D eigenvalue weighted by molar-refractivity contribution is 6.04. The van der Waals surface area contributed by atoms with E-state index in [0.717, 1.165) is 50.1 Å². The van der Waals surface area contributed by atoms with Crippen LogP contribution in [0.5, 0.6) is 0 Å². The molecule has 5 heteroatoms. The van der Waals surface area contributed by atoms with Crippen molar-refractivity contribution in [2.24, 2.45) is 16.3 Å². The van der Waals surface area contributed by atoms with Gasteiger partial charge in [0.05, 0.1) is 11.6 Å². The minimum atomic E-state index is -0.957. The Bertz CT molecular complexity index is 632. The molecule has 0 aromatic heterocycles. The molecular weight excluding hydrogens is 328 g/mol. The van der Waals surface area contributed by atoms with Crippen LogP contribution < -0.4 is 0 Å². The summed E-state index contributed by atoms with van der Waals surface area (Å²) in [6.07, 6.45) is 3.36. The van der Waals surface area contributed by atoms with Gasteiger partial charge in [-0.1, -0.05) is 13.8 Å². The number of hydrogen-bond donors (Lipinski definition) is 1. The van der Waals surface area contributed by atoms with Crippen LogP contribution in [0.3, 0.4) is 0 Å². The van der Waals surface area contributed by atoms with E-state index in [1.165, 1.54) is 5.70 Å². The predicted octanol–water partition coefficient (Wildman–Crippen LogP) is 3.88. The number of aliphatic carboxylic acids is 1. The summed E-state index contributed by atoms with van der Waals surface area (Å²) >= 11 is 0. The fourth-order valence-electron chi connectivity index (χ4n) is 4.10. The number of carbonyl (C=O) groups is 1. The van der Waals surface area contributed by atoms with Gasteiger partial charge in [-0.05, 0) is 64.7 Å². The van der Waals surface area contributed by atoms with Gasteiger partial charge < -0.3 is 14.7 Å². The number of fused-ring (bicyclic) bond motifs is 1. The molecule has 2 unspecified atom stereocenters. The molecule has 1 saturated heterocycles. The van der Waals surface area contributed by atoms with Gasteiger partial charge in [0.1, 0.15) is 0 Å². The summed E-state index contributed by atoms with van der Waals surface area (Å²) in [7, 11) is 0. The summed E-state index contributed by atoms with van der Waals surface area (Å²) in [4.78, 5) is 19.4. The normalized spacial score (nSPS) is 29.6. The minimum absolute atomic E-state index is 0.362. The molecular formula is C21H34N2O3. The van der Waals surface area contributed by atoms with Gasteiger partial charge >= 0.3 is 5.97 Å². The fraction of sp³-hybridized carbons (Fsp3) is 0.810. The number of carboxylic acids is 1. The molecule has 2 aliphatic heterocycles. The Labute approximate surface area is 157 Å². The quantitative estimate of drug-likeness (QED) is 0.824.